The Labute approximate surface area is 169 Å². The molecule has 7 nitrogen and oxygen atoms in total. The van der Waals surface area contributed by atoms with Gasteiger partial charge in [-0.25, -0.2) is 0 Å². The summed E-state index contributed by atoms with van der Waals surface area (Å²) in [6.45, 7) is 5.93. The largest absolute Gasteiger partial charge is 0.378 e. The molecule has 146 valence electrons. The molecule has 0 bridgehead atoms. The van der Waals surface area contributed by atoms with Gasteiger partial charge in [0.05, 0.1) is 10.9 Å². The maximum absolute atomic E-state index is 12.6. The SMILES string of the molecule is Cc1cccc(-n2nnnc2SC(C)C(=O)Nc2ccc(N(C)C)cc2)c1C. The first-order valence-corrected chi connectivity index (χ1v) is 9.84. The van der Waals surface area contributed by atoms with Gasteiger partial charge in [-0.15, -0.1) is 5.10 Å². The van der Waals surface area contributed by atoms with Gasteiger partial charge in [0.15, 0.2) is 0 Å². The van der Waals surface area contributed by atoms with E-state index in [9.17, 15) is 4.79 Å². The number of tetrazole rings is 1. The minimum Gasteiger partial charge on any atom is -0.378 e. The molecule has 1 unspecified atom stereocenters. The van der Waals surface area contributed by atoms with Crippen molar-refractivity contribution >= 4 is 29.0 Å². The topological polar surface area (TPSA) is 75.9 Å². The van der Waals surface area contributed by atoms with Gasteiger partial charge in [-0.05, 0) is 72.7 Å². The summed E-state index contributed by atoms with van der Waals surface area (Å²) in [5, 5.41) is 15.2. The fraction of sp³-hybridized carbons (Fsp3) is 0.300. The quantitative estimate of drug-likeness (QED) is 0.643. The molecule has 0 aliphatic rings. The highest BCUT2D eigenvalue weighted by molar-refractivity contribution is 8.00. The van der Waals surface area contributed by atoms with Gasteiger partial charge in [0.1, 0.15) is 0 Å². The maximum atomic E-state index is 12.6. The fourth-order valence-electron chi connectivity index (χ4n) is 2.67. The summed E-state index contributed by atoms with van der Waals surface area (Å²) in [4.78, 5) is 14.6. The molecule has 0 aliphatic carbocycles. The van der Waals surface area contributed by atoms with Crippen LogP contribution in [0.2, 0.25) is 0 Å². The van der Waals surface area contributed by atoms with Gasteiger partial charge in [0.25, 0.3) is 0 Å². The number of carbonyl (C=O) groups is 1. The molecule has 0 spiro atoms. The summed E-state index contributed by atoms with van der Waals surface area (Å²) in [6, 6.07) is 13.7. The Hall–Kier alpha value is -2.87. The van der Waals surface area contributed by atoms with Crippen LogP contribution in [0.4, 0.5) is 11.4 Å². The molecular weight excluding hydrogens is 372 g/mol. The smallest absolute Gasteiger partial charge is 0.237 e. The molecule has 3 aromatic rings. The zero-order chi connectivity index (χ0) is 20.3. The summed E-state index contributed by atoms with van der Waals surface area (Å²) in [6.07, 6.45) is 0. The second-order valence-electron chi connectivity index (χ2n) is 6.78. The molecule has 0 radical (unpaired) electrons. The predicted molar refractivity (Wildman–Crippen MR) is 113 cm³/mol. The van der Waals surface area contributed by atoms with Crippen molar-refractivity contribution in [2.75, 3.05) is 24.3 Å². The lowest BCUT2D eigenvalue weighted by Crippen LogP contribution is -2.23. The minimum absolute atomic E-state index is 0.0990. The molecule has 1 N–H and O–H groups in total. The molecular formula is C20H24N6OS. The number of nitrogens with zero attached hydrogens (tertiary/aromatic N) is 5. The van der Waals surface area contributed by atoms with Gasteiger partial charge in [-0.2, -0.15) is 4.68 Å². The molecule has 1 heterocycles. The van der Waals surface area contributed by atoms with Crippen LogP contribution in [0.25, 0.3) is 5.69 Å². The molecule has 0 saturated carbocycles. The average molecular weight is 397 g/mol. The van der Waals surface area contributed by atoms with Gasteiger partial charge >= 0.3 is 0 Å². The molecule has 0 aliphatic heterocycles. The number of hydrogen-bond acceptors (Lipinski definition) is 6. The Morgan fingerprint density at radius 1 is 1.14 bits per heavy atom. The lowest BCUT2D eigenvalue weighted by molar-refractivity contribution is -0.115. The van der Waals surface area contributed by atoms with Crippen LogP contribution in [0.5, 0.6) is 0 Å². The van der Waals surface area contributed by atoms with E-state index in [0.717, 1.165) is 28.2 Å². The van der Waals surface area contributed by atoms with Crippen LogP contribution < -0.4 is 10.2 Å². The number of nitrogens with one attached hydrogen (secondary N) is 1. The molecule has 8 heteroatoms. The Morgan fingerprint density at radius 2 is 1.86 bits per heavy atom. The van der Waals surface area contributed by atoms with Crippen LogP contribution in [-0.4, -0.2) is 45.5 Å². The number of carbonyl (C=O) groups excluding carboxylic acids is 1. The van der Waals surface area contributed by atoms with Gasteiger partial charge in [-0.3, -0.25) is 4.79 Å². The van der Waals surface area contributed by atoms with E-state index in [1.165, 1.54) is 11.8 Å². The summed E-state index contributed by atoms with van der Waals surface area (Å²) >= 11 is 1.33. The number of benzene rings is 2. The first-order valence-electron chi connectivity index (χ1n) is 8.96. The zero-order valence-corrected chi connectivity index (χ0v) is 17.5. The number of amides is 1. The third-order valence-corrected chi connectivity index (χ3v) is 5.58. The molecule has 1 aromatic heterocycles. The number of hydrogen-bond donors (Lipinski definition) is 1. The van der Waals surface area contributed by atoms with E-state index in [1.807, 2.05) is 82.2 Å². The number of aryl methyl sites for hydroxylation is 1. The van der Waals surface area contributed by atoms with Gasteiger partial charge in [0.2, 0.25) is 11.1 Å². The molecule has 3 rings (SSSR count). The van der Waals surface area contributed by atoms with Crippen molar-refractivity contribution in [2.24, 2.45) is 0 Å². The van der Waals surface area contributed by atoms with Crippen molar-refractivity contribution in [3.63, 3.8) is 0 Å². The molecule has 0 saturated heterocycles. The van der Waals surface area contributed by atoms with E-state index in [1.54, 1.807) is 4.68 Å². The normalized spacial score (nSPS) is 11.9. The summed E-state index contributed by atoms with van der Waals surface area (Å²) in [5.74, 6) is -0.0990. The summed E-state index contributed by atoms with van der Waals surface area (Å²) < 4.78 is 1.68. The van der Waals surface area contributed by atoms with Crippen LogP contribution in [-0.2, 0) is 4.79 Å². The first-order chi connectivity index (χ1) is 13.4. The van der Waals surface area contributed by atoms with Crippen LogP contribution in [0.3, 0.4) is 0 Å². The predicted octanol–water partition coefficient (Wildman–Crippen LogP) is 3.46. The van der Waals surface area contributed by atoms with E-state index >= 15 is 0 Å². The van der Waals surface area contributed by atoms with Crippen LogP contribution in [0.15, 0.2) is 47.6 Å². The first kappa shape index (κ1) is 19.9. The second kappa shape index (κ2) is 8.43. The molecule has 2 aromatic carbocycles. The number of anilines is 2. The summed E-state index contributed by atoms with van der Waals surface area (Å²) in [5.41, 5.74) is 5.02. The van der Waals surface area contributed by atoms with Crippen molar-refractivity contribution < 1.29 is 4.79 Å². The molecule has 1 amide bonds. The lowest BCUT2D eigenvalue weighted by Gasteiger charge is -2.15. The van der Waals surface area contributed by atoms with E-state index in [2.05, 4.69) is 20.8 Å². The average Bonchev–Trinajstić information content (AvgIpc) is 3.12. The number of rotatable bonds is 6. The van der Waals surface area contributed by atoms with E-state index in [4.69, 9.17) is 0 Å². The fourth-order valence-corrected chi connectivity index (χ4v) is 3.47. The van der Waals surface area contributed by atoms with Crippen molar-refractivity contribution in [1.29, 1.82) is 0 Å². The Bertz CT molecular complexity index is 967. The van der Waals surface area contributed by atoms with Crippen LogP contribution in [0, 0.1) is 13.8 Å². The molecule has 1 atom stereocenters. The lowest BCUT2D eigenvalue weighted by atomic mass is 10.1. The van der Waals surface area contributed by atoms with Gasteiger partial charge in [-0.1, -0.05) is 23.9 Å². The van der Waals surface area contributed by atoms with Crippen molar-refractivity contribution in [2.45, 2.75) is 31.2 Å². The third-order valence-electron chi connectivity index (χ3n) is 4.55. The monoisotopic (exact) mass is 396 g/mol. The van der Waals surface area contributed by atoms with Crippen LogP contribution in [0.1, 0.15) is 18.1 Å². The van der Waals surface area contributed by atoms with E-state index in [0.29, 0.717) is 5.16 Å². The van der Waals surface area contributed by atoms with Crippen molar-refractivity contribution in [3.05, 3.63) is 53.6 Å². The van der Waals surface area contributed by atoms with E-state index < -0.39 is 0 Å². The Morgan fingerprint density at radius 3 is 2.54 bits per heavy atom. The second-order valence-corrected chi connectivity index (χ2v) is 8.09. The number of aromatic nitrogens is 4. The van der Waals surface area contributed by atoms with Crippen LogP contribution >= 0.6 is 11.8 Å². The zero-order valence-electron chi connectivity index (χ0n) is 16.7. The van der Waals surface area contributed by atoms with Crippen molar-refractivity contribution in [1.82, 2.24) is 20.2 Å². The third kappa shape index (κ3) is 4.33. The molecule has 28 heavy (non-hydrogen) atoms. The highest BCUT2D eigenvalue weighted by atomic mass is 32.2. The minimum atomic E-state index is -0.358. The number of thioether (sulfide) groups is 1. The van der Waals surface area contributed by atoms with E-state index in [-0.39, 0.29) is 11.2 Å². The summed E-state index contributed by atoms with van der Waals surface area (Å²) in [7, 11) is 3.96. The van der Waals surface area contributed by atoms with Gasteiger partial charge < -0.3 is 10.2 Å². The molecule has 0 fully saturated rings. The Balaban J connectivity index is 1.71. The van der Waals surface area contributed by atoms with Gasteiger partial charge in [0, 0.05) is 25.5 Å². The standard InChI is InChI=1S/C20H24N6OS/c1-13-7-6-8-18(14(13)2)26-20(22-23-24-26)28-15(3)19(27)21-16-9-11-17(12-10-16)25(4)5/h6-12,15H,1-5H3,(H,21,27). The van der Waals surface area contributed by atoms with Crippen molar-refractivity contribution in [3.8, 4) is 5.69 Å². The highest BCUT2D eigenvalue weighted by Gasteiger charge is 2.20. The Kier molecular flexibility index (Phi) is 5.99. The maximum Gasteiger partial charge on any atom is 0.237 e. The highest BCUT2D eigenvalue weighted by Crippen LogP contribution is 2.26.